The molecule has 1 aromatic rings. The number of hydrogen-bond acceptors (Lipinski definition) is 4. The van der Waals surface area contributed by atoms with Gasteiger partial charge in [0.1, 0.15) is 0 Å². The van der Waals surface area contributed by atoms with E-state index in [1.54, 1.807) is 17.0 Å². The summed E-state index contributed by atoms with van der Waals surface area (Å²) in [6.45, 7) is 4.22. The number of nitrogens with two attached hydrogens (primary N) is 1. The number of nitro groups is 1. The first-order chi connectivity index (χ1) is 9.90. The lowest BCUT2D eigenvalue weighted by Crippen LogP contribution is -2.47. The third-order valence-electron chi connectivity index (χ3n) is 3.75. The molecule has 6 heteroatoms. The molecule has 1 aliphatic carbocycles. The van der Waals surface area contributed by atoms with Gasteiger partial charge in [-0.3, -0.25) is 14.9 Å². The Morgan fingerprint density at radius 2 is 2.14 bits per heavy atom. The van der Waals surface area contributed by atoms with Crippen molar-refractivity contribution in [3.8, 4) is 0 Å². The van der Waals surface area contributed by atoms with Crippen molar-refractivity contribution in [2.45, 2.75) is 45.3 Å². The van der Waals surface area contributed by atoms with Crippen LogP contribution in [0.25, 0.3) is 0 Å². The smallest absolute Gasteiger partial charge is 0.269 e. The van der Waals surface area contributed by atoms with E-state index in [2.05, 4.69) is 0 Å². The van der Waals surface area contributed by atoms with Crippen LogP contribution in [0.1, 0.15) is 32.3 Å². The van der Waals surface area contributed by atoms with Gasteiger partial charge < -0.3 is 10.6 Å². The molecule has 0 bridgehead atoms. The highest BCUT2D eigenvalue weighted by molar-refractivity contribution is 5.82. The van der Waals surface area contributed by atoms with Gasteiger partial charge in [-0.1, -0.05) is 26.0 Å². The van der Waals surface area contributed by atoms with Crippen molar-refractivity contribution in [2.24, 2.45) is 11.7 Å². The van der Waals surface area contributed by atoms with E-state index in [9.17, 15) is 14.9 Å². The van der Waals surface area contributed by atoms with Gasteiger partial charge in [0.25, 0.3) is 5.69 Å². The predicted molar refractivity (Wildman–Crippen MR) is 79.5 cm³/mol. The molecular weight excluding hydrogens is 270 g/mol. The van der Waals surface area contributed by atoms with E-state index in [0.717, 1.165) is 18.4 Å². The molecule has 6 nitrogen and oxygen atoms in total. The number of rotatable bonds is 6. The molecule has 2 rings (SSSR count). The molecule has 2 N–H and O–H groups in total. The zero-order chi connectivity index (χ0) is 15.6. The molecule has 1 aromatic carbocycles. The number of nitro benzene ring substituents is 1. The summed E-state index contributed by atoms with van der Waals surface area (Å²) in [7, 11) is 0. The molecule has 1 saturated carbocycles. The molecular formula is C15H21N3O3. The van der Waals surface area contributed by atoms with Crippen molar-refractivity contribution < 1.29 is 9.72 Å². The number of amides is 1. The van der Waals surface area contributed by atoms with E-state index in [1.807, 2.05) is 13.8 Å². The zero-order valence-electron chi connectivity index (χ0n) is 12.4. The Labute approximate surface area is 124 Å². The standard InChI is InChI=1S/C15H21N3O3/c1-10(2)14(16)15(19)17(12-6-7-12)9-11-4-3-5-13(8-11)18(20)21/h3-5,8,10,12,14H,6-7,9,16H2,1-2H3/t14-/m0/s1. The molecule has 1 amide bonds. The fraction of sp³-hybridized carbons (Fsp3) is 0.533. The molecule has 114 valence electrons. The van der Waals surface area contributed by atoms with Crippen LogP contribution in [-0.2, 0) is 11.3 Å². The van der Waals surface area contributed by atoms with Crippen molar-refractivity contribution in [2.75, 3.05) is 0 Å². The fourth-order valence-corrected chi connectivity index (χ4v) is 2.21. The van der Waals surface area contributed by atoms with Crippen LogP contribution in [0.2, 0.25) is 0 Å². The van der Waals surface area contributed by atoms with Gasteiger partial charge >= 0.3 is 0 Å². The second kappa shape index (κ2) is 6.22. The first-order valence-corrected chi connectivity index (χ1v) is 7.19. The average Bonchev–Trinajstić information content (AvgIpc) is 3.27. The van der Waals surface area contributed by atoms with Crippen molar-refractivity contribution in [1.82, 2.24) is 4.90 Å². The number of benzene rings is 1. The Morgan fingerprint density at radius 1 is 1.48 bits per heavy atom. The molecule has 1 aliphatic rings. The number of carbonyl (C=O) groups excluding carboxylic acids is 1. The highest BCUT2D eigenvalue weighted by Gasteiger charge is 2.35. The summed E-state index contributed by atoms with van der Waals surface area (Å²) in [5.41, 5.74) is 6.77. The Morgan fingerprint density at radius 3 is 2.67 bits per heavy atom. The first-order valence-electron chi connectivity index (χ1n) is 7.19. The van der Waals surface area contributed by atoms with Gasteiger partial charge in [0.05, 0.1) is 11.0 Å². The summed E-state index contributed by atoms with van der Waals surface area (Å²) in [4.78, 5) is 24.6. The molecule has 1 fully saturated rings. The largest absolute Gasteiger partial charge is 0.334 e. The summed E-state index contributed by atoms with van der Waals surface area (Å²) in [6, 6.07) is 6.11. The molecule has 0 radical (unpaired) electrons. The Kier molecular flexibility index (Phi) is 4.57. The maximum atomic E-state index is 12.5. The maximum absolute atomic E-state index is 12.5. The summed E-state index contributed by atoms with van der Waals surface area (Å²) < 4.78 is 0. The quantitative estimate of drug-likeness (QED) is 0.641. The van der Waals surface area contributed by atoms with Crippen molar-refractivity contribution in [1.29, 1.82) is 0 Å². The van der Waals surface area contributed by atoms with E-state index >= 15 is 0 Å². The van der Waals surface area contributed by atoms with Crippen LogP contribution in [0.5, 0.6) is 0 Å². The van der Waals surface area contributed by atoms with Gasteiger partial charge in [-0.2, -0.15) is 0 Å². The van der Waals surface area contributed by atoms with Gasteiger partial charge in [0.15, 0.2) is 0 Å². The Hall–Kier alpha value is -1.95. The Bertz CT molecular complexity index is 541. The lowest BCUT2D eigenvalue weighted by Gasteiger charge is -2.27. The van der Waals surface area contributed by atoms with Gasteiger partial charge in [0.2, 0.25) is 5.91 Å². The molecule has 0 spiro atoms. The van der Waals surface area contributed by atoms with Gasteiger partial charge in [-0.15, -0.1) is 0 Å². The monoisotopic (exact) mass is 291 g/mol. The summed E-state index contributed by atoms with van der Waals surface area (Å²) in [6.07, 6.45) is 1.96. The molecule has 0 saturated heterocycles. The normalized spacial score (nSPS) is 15.8. The Balaban J connectivity index is 2.15. The summed E-state index contributed by atoms with van der Waals surface area (Å²) >= 11 is 0. The van der Waals surface area contributed by atoms with Crippen molar-refractivity contribution >= 4 is 11.6 Å². The highest BCUT2D eigenvalue weighted by Crippen LogP contribution is 2.30. The fourth-order valence-electron chi connectivity index (χ4n) is 2.21. The van der Waals surface area contributed by atoms with Crippen LogP contribution >= 0.6 is 0 Å². The van der Waals surface area contributed by atoms with E-state index < -0.39 is 11.0 Å². The molecule has 0 aliphatic heterocycles. The molecule has 0 aromatic heterocycles. The average molecular weight is 291 g/mol. The van der Waals surface area contributed by atoms with Crippen LogP contribution in [0.3, 0.4) is 0 Å². The third kappa shape index (κ3) is 3.78. The van der Waals surface area contributed by atoms with Crippen LogP contribution in [0.15, 0.2) is 24.3 Å². The SMILES string of the molecule is CC(C)[C@H](N)C(=O)N(Cc1cccc([N+](=O)[O-])c1)C1CC1. The maximum Gasteiger partial charge on any atom is 0.269 e. The number of non-ortho nitro benzene ring substituents is 1. The highest BCUT2D eigenvalue weighted by atomic mass is 16.6. The van der Waals surface area contributed by atoms with Gasteiger partial charge in [-0.05, 0) is 24.3 Å². The summed E-state index contributed by atoms with van der Waals surface area (Å²) in [5.74, 6) is 0.00265. The van der Waals surface area contributed by atoms with Crippen LogP contribution in [0.4, 0.5) is 5.69 Å². The van der Waals surface area contributed by atoms with Crippen molar-refractivity contribution in [3.63, 3.8) is 0 Å². The summed E-state index contributed by atoms with van der Waals surface area (Å²) in [5, 5.41) is 10.8. The minimum Gasteiger partial charge on any atom is -0.334 e. The van der Waals surface area contributed by atoms with E-state index in [-0.39, 0.29) is 23.6 Å². The van der Waals surface area contributed by atoms with Crippen LogP contribution < -0.4 is 5.73 Å². The molecule has 0 unspecified atom stereocenters. The van der Waals surface area contributed by atoms with Crippen LogP contribution in [-0.4, -0.2) is 27.8 Å². The predicted octanol–water partition coefficient (Wildman–Crippen LogP) is 2.07. The van der Waals surface area contributed by atoms with E-state index in [0.29, 0.717) is 6.54 Å². The number of nitrogens with zero attached hydrogens (tertiary/aromatic N) is 2. The minimum atomic E-state index is -0.524. The van der Waals surface area contributed by atoms with Crippen molar-refractivity contribution in [3.05, 3.63) is 39.9 Å². The second-order valence-electron chi connectivity index (χ2n) is 5.89. The van der Waals surface area contributed by atoms with Gasteiger partial charge in [0, 0.05) is 24.7 Å². The number of hydrogen-bond donors (Lipinski definition) is 1. The van der Waals surface area contributed by atoms with Gasteiger partial charge in [-0.25, -0.2) is 0 Å². The molecule has 1 atom stereocenters. The number of carbonyl (C=O) groups is 1. The lowest BCUT2D eigenvalue weighted by atomic mass is 10.0. The third-order valence-corrected chi connectivity index (χ3v) is 3.75. The lowest BCUT2D eigenvalue weighted by molar-refractivity contribution is -0.384. The molecule has 0 heterocycles. The second-order valence-corrected chi connectivity index (χ2v) is 5.89. The molecule has 21 heavy (non-hydrogen) atoms. The first kappa shape index (κ1) is 15.4. The topological polar surface area (TPSA) is 89.5 Å². The zero-order valence-corrected chi connectivity index (χ0v) is 12.4. The minimum absolute atomic E-state index is 0.0452. The van der Waals surface area contributed by atoms with Crippen LogP contribution in [0, 0.1) is 16.0 Å². The van der Waals surface area contributed by atoms with E-state index in [4.69, 9.17) is 5.73 Å². The van der Waals surface area contributed by atoms with E-state index in [1.165, 1.54) is 12.1 Å².